The average Bonchev–Trinajstić information content (AvgIpc) is 3.82. The number of aromatic nitrogens is 3. The van der Waals surface area contributed by atoms with Crippen molar-refractivity contribution in [3.63, 3.8) is 0 Å². The minimum absolute atomic E-state index is 0.00730. The molecule has 0 radical (unpaired) electrons. The number of hydrogen-bond acceptors (Lipinski definition) is 3. The Bertz CT molecular complexity index is 3820. The molecule has 9 rings (SSSR count). The monoisotopic (exact) mass is 849 g/mol. The number of fused-ring (bicyclic) bond motifs is 1. The van der Waals surface area contributed by atoms with Crippen LogP contribution < -0.4 is 0 Å². The number of nitrogens with zero attached hydrogens (tertiary/aromatic N) is 3. The number of para-hydroxylation sites is 1. The van der Waals surface area contributed by atoms with Gasteiger partial charge in [-0.05, 0) is 148 Å². The maximum Gasteiger partial charge on any atom is 0.149 e. The van der Waals surface area contributed by atoms with Crippen LogP contribution in [0.3, 0.4) is 0 Å². The van der Waals surface area contributed by atoms with Gasteiger partial charge in [0.2, 0.25) is 0 Å². The maximum absolute atomic E-state index is 12.1. The van der Waals surface area contributed by atoms with E-state index in [9.17, 15) is 6.48 Å². The second-order valence-corrected chi connectivity index (χ2v) is 18.5. The molecule has 0 bridgehead atoms. The third-order valence-corrected chi connectivity index (χ3v) is 11.7. The highest BCUT2D eigenvalue weighted by atomic mass is 16.3. The number of phenols is 1. The molecule has 0 amide bonds. The predicted molar refractivity (Wildman–Crippen MR) is 269 cm³/mol. The minimum Gasteiger partial charge on any atom is -0.507 e. The van der Waals surface area contributed by atoms with Gasteiger partial charge in [0.25, 0.3) is 0 Å². The molecular formula is C60H57N3O. The van der Waals surface area contributed by atoms with Crippen LogP contribution in [0.15, 0.2) is 158 Å². The van der Waals surface area contributed by atoms with Crippen LogP contribution in [0.4, 0.5) is 0 Å². The van der Waals surface area contributed by atoms with E-state index in [0.717, 1.165) is 22.3 Å². The first-order valence-electron chi connectivity index (χ1n) is 27.8. The number of aryl methyl sites for hydroxylation is 3. The molecule has 318 valence electrons. The molecule has 0 saturated heterocycles. The number of aromatic hydroxyl groups is 1. The molecule has 0 fully saturated rings. The fourth-order valence-corrected chi connectivity index (χ4v) is 8.27. The summed E-state index contributed by atoms with van der Waals surface area (Å²) in [5, 5.41) is 12.1. The number of benzene rings is 7. The molecule has 7 aromatic carbocycles. The quantitative estimate of drug-likeness (QED) is 0.174. The van der Waals surface area contributed by atoms with Gasteiger partial charge in [-0.2, -0.15) is 0 Å². The highest BCUT2D eigenvalue weighted by molar-refractivity contribution is 5.98. The fraction of sp³-hybridized carbons (Fsp3) is 0.200. The summed E-state index contributed by atoms with van der Waals surface area (Å²) in [6.07, 6.45) is -0.604. The molecule has 9 aromatic rings. The lowest BCUT2D eigenvalue weighted by atomic mass is 9.83. The molecule has 2 aromatic heterocycles. The first-order valence-corrected chi connectivity index (χ1v) is 21.3. The van der Waals surface area contributed by atoms with Gasteiger partial charge in [-0.1, -0.05) is 150 Å². The molecule has 64 heavy (non-hydrogen) atoms. The van der Waals surface area contributed by atoms with Crippen LogP contribution in [0.2, 0.25) is 0 Å². The molecule has 0 saturated carbocycles. The molecule has 0 aliphatic rings. The summed E-state index contributed by atoms with van der Waals surface area (Å²) in [6, 6.07) is 31.8. The number of hydrogen-bond donors (Lipinski definition) is 1. The van der Waals surface area contributed by atoms with Crippen molar-refractivity contribution >= 4 is 11.0 Å². The van der Waals surface area contributed by atoms with E-state index < -0.39 is 78.2 Å². The van der Waals surface area contributed by atoms with Crippen LogP contribution in [-0.2, 0) is 10.8 Å². The second kappa shape index (κ2) is 16.3. The standard InChI is InChI=1S/C60H57N3O/c1-37-19-21-41(22-20-37)44-27-28-61-53(35-44)46-32-45(33-48(34-46)60(8,9)10)49-17-14-18-54-56(49)62-58(52-30-38(2)29-40(4)57(52)64)63(54)55-36-50(42-15-12-11-13-16-42)39(3)31-51(55)43-23-25-47(26-24-43)59(5,6)7/h11-36,64H,1-10H3/i1D3,3D3,19D,20D,21D,22D,27D,28D,35D. The molecule has 0 atom stereocenters. The van der Waals surface area contributed by atoms with Crippen LogP contribution in [0.1, 0.15) is 92.7 Å². The lowest BCUT2D eigenvalue weighted by Gasteiger charge is -2.22. The van der Waals surface area contributed by atoms with Crippen molar-refractivity contribution in [2.24, 2.45) is 0 Å². The first-order chi connectivity index (χ1) is 35.9. The molecule has 0 unspecified atom stereocenters. The number of phenolic OH excluding ortho intramolecular Hbond substituents is 1. The van der Waals surface area contributed by atoms with E-state index in [-0.39, 0.29) is 22.4 Å². The summed E-state index contributed by atoms with van der Waals surface area (Å²) in [5.74, 6) is 0.374. The summed E-state index contributed by atoms with van der Waals surface area (Å²) in [6.45, 7) is 10.6. The topological polar surface area (TPSA) is 50.9 Å². The van der Waals surface area contributed by atoms with Gasteiger partial charge < -0.3 is 5.11 Å². The van der Waals surface area contributed by atoms with Gasteiger partial charge in [-0.25, -0.2) is 4.98 Å². The van der Waals surface area contributed by atoms with E-state index in [1.54, 1.807) is 12.1 Å². The van der Waals surface area contributed by atoms with Crippen LogP contribution in [0, 0.1) is 27.6 Å². The van der Waals surface area contributed by atoms with Gasteiger partial charge in [-0.3, -0.25) is 9.55 Å². The zero-order valence-corrected chi connectivity index (χ0v) is 37.3. The SMILES string of the molecule is [2H]c1nc(-c2cc(-c3cccc4c3nc(-c3cc(C)cc(C)c3O)n4-c3cc(-c4ccccc4)c(C([2H])([2H])[2H])cc3-c3ccc(C(C)(C)C)cc3)cc(C(C)(C)C)c2)c([2H])c(-c2c([2H])c([2H])c(C([2H])([2H])[2H])c([2H])c2[2H])c1[2H]. The average molecular weight is 849 g/mol. The summed E-state index contributed by atoms with van der Waals surface area (Å²) >= 11 is 0. The Morgan fingerprint density at radius 1 is 0.547 bits per heavy atom. The van der Waals surface area contributed by atoms with Gasteiger partial charge >= 0.3 is 0 Å². The Hall–Kier alpha value is -7.04. The Morgan fingerprint density at radius 3 is 1.97 bits per heavy atom. The van der Waals surface area contributed by atoms with E-state index in [0.29, 0.717) is 67.1 Å². The molecule has 1 N–H and O–H groups in total. The van der Waals surface area contributed by atoms with Gasteiger partial charge in [0.1, 0.15) is 11.6 Å². The largest absolute Gasteiger partial charge is 0.507 e. The van der Waals surface area contributed by atoms with Gasteiger partial charge in [0.15, 0.2) is 0 Å². The molecule has 0 aliphatic carbocycles. The highest BCUT2D eigenvalue weighted by Crippen LogP contribution is 2.44. The first kappa shape index (κ1) is 29.3. The normalized spacial score (nSPS) is 15.3. The molecule has 2 heterocycles. The van der Waals surface area contributed by atoms with E-state index >= 15 is 0 Å². The summed E-state index contributed by atoms with van der Waals surface area (Å²) in [5.41, 5.74) is 7.22. The van der Waals surface area contributed by atoms with Crippen LogP contribution in [-0.4, -0.2) is 19.6 Å². The number of rotatable bonds is 7. The number of pyridine rings is 1. The lowest BCUT2D eigenvalue weighted by molar-refractivity contribution is 0.472. The third-order valence-electron chi connectivity index (χ3n) is 11.7. The predicted octanol–water partition coefficient (Wildman–Crippen LogP) is 16.0. The molecule has 4 heteroatoms. The van der Waals surface area contributed by atoms with E-state index in [1.807, 2.05) is 142 Å². The van der Waals surface area contributed by atoms with Crippen LogP contribution in [0.25, 0.3) is 83.9 Å². The second-order valence-electron chi connectivity index (χ2n) is 18.5. The minimum atomic E-state index is -2.99. The summed E-state index contributed by atoms with van der Waals surface area (Å²) < 4.78 is 115. The molecule has 4 nitrogen and oxygen atoms in total. The summed E-state index contributed by atoms with van der Waals surface area (Å²) in [4.78, 5) is 9.90. The zero-order chi connectivity index (χ0) is 56.2. The highest BCUT2D eigenvalue weighted by Gasteiger charge is 2.26. The Balaban J connectivity index is 1.38. The Morgan fingerprint density at radius 2 is 1.27 bits per heavy atom. The van der Waals surface area contributed by atoms with E-state index in [2.05, 4.69) is 25.8 Å². The van der Waals surface area contributed by atoms with Crippen molar-refractivity contribution in [1.29, 1.82) is 0 Å². The smallest absolute Gasteiger partial charge is 0.149 e. The van der Waals surface area contributed by atoms with Crippen molar-refractivity contribution in [1.82, 2.24) is 14.5 Å². The van der Waals surface area contributed by atoms with Crippen molar-refractivity contribution in [3.05, 3.63) is 191 Å². The van der Waals surface area contributed by atoms with Gasteiger partial charge in [0, 0.05) is 31.1 Å². The van der Waals surface area contributed by atoms with Crippen molar-refractivity contribution in [3.8, 4) is 78.6 Å². The van der Waals surface area contributed by atoms with Gasteiger partial charge in [0.05, 0.1) is 37.6 Å². The Labute approximate surface area is 397 Å². The van der Waals surface area contributed by atoms with Crippen LogP contribution in [0.5, 0.6) is 5.75 Å². The molecule has 0 spiro atoms. The van der Waals surface area contributed by atoms with E-state index in [4.69, 9.17) is 21.4 Å². The van der Waals surface area contributed by atoms with E-state index in [1.165, 1.54) is 0 Å². The van der Waals surface area contributed by atoms with Crippen molar-refractivity contribution in [2.75, 3.05) is 0 Å². The third kappa shape index (κ3) is 8.05. The van der Waals surface area contributed by atoms with Crippen molar-refractivity contribution < 1.29 is 22.9 Å². The summed E-state index contributed by atoms with van der Waals surface area (Å²) in [7, 11) is 0. The molecule has 0 aliphatic heterocycles. The molecular weight excluding hydrogens is 779 g/mol. The van der Waals surface area contributed by atoms with Gasteiger partial charge in [-0.15, -0.1) is 0 Å². The van der Waals surface area contributed by atoms with Crippen molar-refractivity contribution in [2.45, 2.75) is 79.9 Å². The fourth-order valence-electron chi connectivity index (χ4n) is 8.27. The Kier molecular flexibility index (Phi) is 7.46. The van der Waals surface area contributed by atoms with Crippen LogP contribution >= 0.6 is 0 Å². The zero-order valence-electron chi connectivity index (χ0n) is 50.3. The maximum atomic E-state index is 12.1. The lowest BCUT2D eigenvalue weighted by Crippen LogP contribution is -2.11. The number of imidazole rings is 1.